The van der Waals surface area contributed by atoms with Gasteiger partial charge in [-0.15, -0.1) is 0 Å². The average Bonchev–Trinajstić information content (AvgIpc) is 2.62. The van der Waals surface area contributed by atoms with Crippen molar-refractivity contribution in [2.45, 2.75) is 6.42 Å². The summed E-state index contributed by atoms with van der Waals surface area (Å²) in [5.41, 5.74) is 2.32. The molecule has 0 fully saturated rings. The van der Waals surface area contributed by atoms with E-state index in [-0.39, 0.29) is 5.75 Å². The molecule has 0 saturated carbocycles. The SMILES string of the molecule is CNc1ccc(Oc2ncnc3cc(CCOC)c(O)cc23)c(Cl)c1. The maximum Gasteiger partial charge on any atom is 0.230 e. The van der Waals surface area contributed by atoms with E-state index in [2.05, 4.69) is 15.3 Å². The first-order valence-electron chi connectivity index (χ1n) is 7.73. The Morgan fingerprint density at radius 2 is 2.04 bits per heavy atom. The van der Waals surface area contributed by atoms with Gasteiger partial charge in [0, 0.05) is 19.8 Å². The van der Waals surface area contributed by atoms with Gasteiger partial charge in [0.1, 0.15) is 17.8 Å². The highest BCUT2D eigenvalue weighted by Gasteiger charge is 2.12. The van der Waals surface area contributed by atoms with E-state index >= 15 is 0 Å². The molecule has 0 spiro atoms. The summed E-state index contributed by atoms with van der Waals surface area (Å²) < 4.78 is 10.9. The number of hydrogen-bond donors (Lipinski definition) is 2. The molecule has 3 aromatic rings. The highest BCUT2D eigenvalue weighted by Crippen LogP contribution is 2.35. The lowest BCUT2D eigenvalue weighted by Crippen LogP contribution is -1.97. The van der Waals surface area contributed by atoms with Gasteiger partial charge in [0.05, 0.1) is 22.5 Å². The van der Waals surface area contributed by atoms with Crippen molar-refractivity contribution in [3.63, 3.8) is 0 Å². The minimum absolute atomic E-state index is 0.154. The van der Waals surface area contributed by atoms with Gasteiger partial charge < -0.3 is 19.9 Å². The molecule has 0 aliphatic rings. The van der Waals surface area contributed by atoms with Crippen LogP contribution in [0, 0.1) is 0 Å². The molecule has 2 N–H and O–H groups in total. The fraction of sp³-hybridized carbons (Fsp3) is 0.222. The molecule has 0 unspecified atom stereocenters. The van der Waals surface area contributed by atoms with Crippen LogP contribution in [-0.2, 0) is 11.2 Å². The third-order valence-corrected chi connectivity index (χ3v) is 4.10. The fourth-order valence-corrected chi connectivity index (χ4v) is 2.67. The highest BCUT2D eigenvalue weighted by molar-refractivity contribution is 6.32. The number of halogens is 1. The number of aromatic hydroxyl groups is 1. The van der Waals surface area contributed by atoms with Gasteiger partial charge in [-0.3, -0.25) is 0 Å². The Morgan fingerprint density at radius 1 is 1.20 bits per heavy atom. The van der Waals surface area contributed by atoms with Crippen molar-refractivity contribution < 1.29 is 14.6 Å². The van der Waals surface area contributed by atoms with Crippen molar-refractivity contribution in [1.29, 1.82) is 0 Å². The first-order chi connectivity index (χ1) is 12.1. The summed E-state index contributed by atoms with van der Waals surface area (Å²) in [6.45, 7) is 0.515. The van der Waals surface area contributed by atoms with Crippen LogP contribution in [0.2, 0.25) is 5.02 Å². The van der Waals surface area contributed by atoms with Crippen LogP contribution < -0.4 is 10.1 Å². The first-order valence-corrected chi connectivity index (χ1v) is 8.11. The Morgan fingerprint density at radius 3 is 2.76 bits per heavy atom. The van der Waals surface area contributed by atoms with Crippen molar-refractivity contribution in [2.75, 3.05) is 26.1 Å². The van der Waals surface area contributed by atoms with E-state index < -0.39 is 0 Å². The molecule has 3 rings (SSSR count). The second kappa shape index (κ2) is 7.55. The Hall–Kier alpha value is -2.57. The number of hydrogen-bond acceptors (Lipinski definition) is 6. The number of aromatic nitrogens is 2. The van der Waals surface area contributed by atoms with E-state index in [1.807, 2.05) is 19.2 Å². The lowest BCUT2D eigenvalue weighted by atomic mass is 10.1. The molecule has 0 saturated heterocycles. The number of phenolic OH excluding ortho intramolecular Hbond substituents is 1. The minimum atomic E-state index is 0.154. The van der Waals surface area contributed by atoms with E-state index in [1.54, 1.807) is 25.3 Å². The summed E-state index contributed by atoms with van der Waals surface area (Å²) in [4.78, 5) is 8.43. The average molecular weight is 360 g/mol. The molecule has 25 heavy (non-hydrogen) atoms. The van der Waals surface area contributed by atoms with E-state index in [0.29, 0.717) is 40.6 Å². The lowest BCUT2D eigenvalue weighted by Gasteiger charge is -2.11. The third kappa shape index (κ3) is 3.75. The Labute approximate surface area is 150 Å². The number of nitrogens with zero attached hydrogens (tertiary/aromatic N) is 2. The quantitative estimate of drug-likeness (QED) is 0.692. The molecule has 1 heterocycles. The molecule has 130 valence electrons. The van der Waals surface area contributed by atoms with Gasteiger partial charge in [-0.1, -0.05) is 11.6 Å². The van der Waals surface area contributed by atoms with Crippen molar-refractivity contribution in [1.82, 2.24) is 9.97 Å². The Kier molecular flexibility index (Phi) is 5.21. The molecule has 0 radical (unpaired) electrons. The van der Waals surface area contributed by atoms with Crippen LogP contribution in [0.5, 0.6) is 17.4 Å². The predicted molar refractivity (Wildman–Crippen MR) is 97.9 cm³/mol. The van der Waals surface area contributed by atoms with Crippen molar-refractivity contribution in [2.24, 2.45) is 0 Å². The standard InChI is InChI=1S/C18H18ClN3O3/c1-20-12-3-4-17(14(19)8-12)25-18-13-9-16(23)11(5-6-24-2)7-15(13)21-10-22-18/h3-4,7-10,20,23H,5-6H2,1-2H3. The fourth-order valence-electron chi connectivity index (χ4n) is 2.45. The van der Waals surface area contributed by atoms with E-state index in [4.69, 9.17) is 21.1 Å². The number of ether oxygens (including phenoxy) is 2. The summed E-state index contributed by atoms with van der Waals surface area (Å²) >= 11 is 6.25. The molecule has 0 amide bonds. The zero-order valence-electron chi connectivity index (χ0n) is 13.9. The molecule has 2 aromatic carbocycles. The number of methoxy groups -OCH3 is 1. The molecule has 1 aromatic heterocycles. The van der Waals surface area contributed by atoms with E-state index in [0.717, 1.165) is 11.3 Å². The van der Waals surface area contributed by atoms with Gasteiger partial charge in [-0.05, 0) is 42.3 Å². The summed E-state index contributed by atoms with van der Waals surface area (Å²) in [7, 11) is 3.43. The van der Waals surface area contributed by atoms with Gasteiger partial charge in [-0.2, -0.15) is 0 Å². The number of anilines is 1. The van der Waals surface area contributed by atoms with Gasteiger partial charge >= 0.3 is 0 Å². The van der Waals surface area contributed by atoms with Crippen LogP contribution in [-0.4, -0.2) is 35.8 Å². The third-order valence-electron chi connectivity index (χ3n) is 3.80. The Bertz CT molecular complexity index is 902. The summed E-state index contributed by atoms with van der Waals surface area (Å²) in [6, 6.07) is 8.79. The zero-order chi connectivity index (χ0) is 17.8. The highest BCUT2D eigenvalue weighted by atomic mass is 35.5. The second-order valence-corrected chi connectivity index (χ2v) is 5.82. The van der Waals surface area contributed by atoms with Crippen molar-refractivity contribution in [3.05, 3.63) is 47.2 Å². The maximum absolute atomic E-state index is 10.2. The monoisotopic (exact) mass is 359 g/mol. The molecular weight excluding hydrogens is 342 g/mol. The molecule has 0 bridgehead atoms. The number of phenols is 1. The normalized spacial score (nSPS) is 10.8. The van der Waals surface area contributed by atoms with Crippen LogP contribution in [0.15, 0.2) is 36.7 Å². The van der Waals surface area contributed by atoms with Crippen LogP contribution in [0.3, 0.4) is 0 Å². The second-order valence-electron chi connectivity index (χ2n) is 5.42. The lowest BCUT2D eigenvalue weighted by molar-refractivity contribution is 0.201. The number of fused-ring (bicyclic) bond motifs is 1. The summed E-state index contributed by atoms with van der Waals surface area (Å²) in [6.07, 6.45) is 2.01. The van der Waals surface area contributed by atoms with Gasteiger partial charge in [0.25, 0.3) is 0 Å². The predicted octanol–water partition coefficient (Wildman–Crippen LogP) is 4.01. The van der Waals surface area contributed by atoms with Gasteiger partial charge in [-0.25, -0.2) is 9.97 Å². The number of nitrogens with one attached hydrogen (secondary N) is 1. The number of rotatable bonds is 6. The zero-order valence-corrected chi connectivity index (χ0v) is 14.7. The van der Waals surface area contributed by atoms with Gasteiger partial charge in [0.15, 0.2) is 0 Å². The van der Waals surface area contributed by atoms with Gasteiger partial charge in [0.2, 0.25) is 5.88 Å². The van der Waals surface area contributed by atoms with Crippen LogP contribution in [0.1, 0.15) is 5.56 Å². The topological polar surface area (TPSA) is 76.5 Å². The molecule has 6 nitrogen and oxygen atoms in total. The molecule has 0 aliphatic carbocycles. The smallest absolute Gasteiger partial charge is 0.230 e. The van der Waals surface area contributed by atoms with Crippen molar-refractivity contribution in [3.8, 4) is 17.4 Å². The van der Waals surface area contributed by atoms with E-state index in [1.165, 1.54) is 6.33 Å². The summed E-state index contributed by atoms with van der Waals surface area (Å²) in [5.74, 6) is 0.960. The maximum atomic E-state index is 10.2. The largest absolute Gasteiger partial charge is 0.508 e. The van der Waals surface area contributed by atoms with Crippen LogP contribution in [0.25, 0.3) is 10.9 Å². The summed E-state index contributed by atoms with van der Waals surface area (Å²) in [5, 5.41) is 14.3. The molecule has 0 aliphatic heterocycles. The molecule has 7 heteroatoms. The molecular formula is C18H18ClN3O3. The first kappa shape index (κ1) is 17.3. The van der Waals surface area contributed by atoms with Crippen LogP contribution in [0.4, 0.5) is 5.69 Å². The Balaban J connectivity index is 1.98. The van der Waals surface area contributed by atoms with Crippen LogP contribution >= 0.6 is 11.6 Å². The van der Waals surface area contributed by atoms with E-state index in [9.17, 15) is 5.11 Å². The minimum Gasteiger partial charge on any atom is -0.508 e. The van der Waals surface area contributed by atoms with Crippen molar-refractivity contribution >= 4 is 28.2 Å². The molecule has 0 atom stereocenters. The number of benzene rings is 2.